The van der Waals surface area contributed by atoms with Gasteiger partial charge in [-0.1, -0.05) is 29.8 Å². The molecule has 2 rings (SSSR count). The van der Waals surface area contributed by atoms with Crippen LogP contribution in [0.15, 0.2) is 24.3 Å². The average Bonchev–Trinajstić information content (AvgIpc) is 2.84. The summed E-state index contributed by atoms with van der Waals surface area (Å²) in [6.45, 7) is 1.40. The first-order valence-electron chi connectivity index (χ1n) is 5.93. The normalized spacial score (nSPS) is 18.5. The molecule has 3 nitrogen and oxygen atoms in total. The second-order valence-corrected chi connectivity index (χ2v) is 4.60. The highest BCUT2D eigenvalue weighted by Gasteiger charge is 2.21. The molecular formula is C13H18ClNO2. The van der Waals surface area contributed by atoms with Gasteiger partial charge < -0.3 is 14.8 Å². The van der Waals surface area contributed by atoms with Gasteiger partial charge in [-0.2, -0.15) is 0 Å². The van der Waals surface area contributed by atoms with Gasteiger partial charge in [0.25, 0.3) is 0 Å². The predicted octanol–water partition coefficient (Wildman–Crippen LogP) is 2.23. The largest absolute Gasteiger partial charge is 0.350 e. The zero-order valence-corrected chi connectivity index (χ0v) is 10.7. The number of likely N-dealkylation sites (N-methyl/N-ethyl adjacent to an activating group) is 1. The van der Waals surface area contributed by atoms with Gasteiger partial charge in [-0.3, -0.25) is 0 Å². The Kier molecular flexibility index (Phi) is 4.80. The number of nitrogens with one attached hydrogen (secondary N) is 1. The van der Waals surface area contributed by atoms with Gasteiger partial charge in [0, 0.05) is 17.5 Å². The molecule has 1 aromatic rings. The van der Waals surface area contributed by atoms with Crippen molar-refractivity contribution in [2.75, 3.05) is 20.3 Å². The standard InChI is InChI=1S/C13H18ClNO2/c1-15-11(9-13-16-6-7-17-13)8-10-4-2-3-5-12(10)14/h2-5,11,13,15H,6-9H2,1H3. The molecule has 0 bridgehead atoms. The molecule has 1 fully saturated rings. The molecule has 0 aromatic heterocycles. The first-order valence-corrected chi connectivity index (χ1v) is 6.31. The van der Waals surface area contributed by atoms with Gasteiger partial charge in [-0.05, 0) is 25.1 Å². The van der Waals surface area contributed by atoms with Gasteiger partial charge in [0.1, 0.15) is 0 Å². The summed E-state index contributed by atoms with van der Waals surface area (Å²) in [7, 11) is 1.95. The van der Waals surface area contributed by atoms with E-state index in [1.165, 1.54) is 0 Å². The van der Waals surface area contributed by atoms with Crippen LogP contribution in [0.2, 0.25) is 5.02 Å². The number of benzene rings is 1. The van der Waals surface area contributed by atoms with Crippen molar-refractivity contribution >= 4 is 11.6 Å². The fourth-order valence-corrected chi connectivity index (χ4v) is 2.22. The Morgan fingerprint density at radius 1 is 1.35 bits per heavy atom. The van der Waals surface area contributed by atoms with E-state index in [9.17, 15) is 0 Å². The van der Waals surface area contributed by atoms with Crippen LogP contribution in [0.5, 0.6) is 0 Å². The molecule has 1 aliphatic heterocycles. The first kappa shape index (κ1) is 12.8. The Morgan fingerprint density at radius 3 is 2.71 bits per heavy atom. The number of halogens is 1. The second-order valence-electron chi connectivity index (χ2n) is 4.19. The summed E-state index contributed by atoms with van der Waals surface area (Å²) in [5, 5.41) is 4.11. The molecule has 4 heteroatoms. The molecule has 0 amide bonds. The summed E-state index contributed by atoms with van der Waals surface area (Å²) in [6.07, 6.45) is 1.66. The number of hydrogen-bond acceptors (Lipinski definition) is 3. The monoisotopic (exact) mass is 255 g/mol. The molecule has 94 valence electrons. The highest BCUT2D eigenvalue weighted by molar-refractivity contribution is 6.31. The van der Waals surface area contributed by atoms with Crippen LogP contribution >= 0.6 is 11.6 Å². The number of rotatable bonds is 5. The molecule has 1 aromatic carbocycles. The van der Waals surface area contributed by atoms with Gasteiger partial charge in [0.2, 0.25) is 0 Å². The van der Waals surface area contributed by atoms with Crippen molar-refractivity contribution in [3.05, 3.63) is 34.9 Å². The third-order valence-corrected chi connectivity index (χ3v) is 3.37. The smallest absolute Gasteiger partial charge is 0.159 e. The van der Waals surface area contributed by atoms with Crippen LogP contribution in [0.4, 0.5) is 0 Å². The van der Waals surface area contributed by atoms with Crippen molar-refractivity contribution in [1.29, 1.82) is 0 Å². The molecule has 1 unspecified atom stereocenters. The summed E-state index contributed by atoms with van der Waals surface area (Å²) >= 11 is 6.15. The minimum absolute atomic E-state index is 0.0741. The van der Waals surface area contributed by atoms with E-state index in [1.807, 2.05) is 25.2 Å². The summed E-state index contributed by atoms with van der Waals surface area (Å²) in [5.41, 5.74) is 1.16. The van der Waals surface area contributed by atoms with Gasteiger partial charge in [0.15, 0.2) is 6.29 Å². The highest BCUT2D eigenvalue weighted by Crippen LogP contribution is 2.19. The molecular weight excluding hydrogens is 238 g/mol. The van der Waals surface area contributed by atoms with E-state index in [0.717, 1.165) is 23.4 Å². The Morgan fingerprint density at radius 2 is 2.06 bits per heavy atom. The molecule has 1 atom stereocenters. The predicted molar refractivity (Wildman–Crippen MR) is 68.3 cm³/mol. The van der Waals surface area contributed by atoms with E-state index in [0.29, 0.717) is 19.3 Å². The summed E-state index contributed by atoms with van der Waals surface area (Å²) in [5.74, 6) is 0. The van der Waals surface area contributed by atoms with E-state index in [2.05, 4.69) is 11.4 Å². The highest BCUT2D eigenvalue weighted by atomic mass is 35.5. The molecule has 0 spiro atoms. The van der Waals surface area contributed by atoms with Crippen LogP contribution in [0, 0.1) is 0 Å². The van der Waals surface area contributed by atoms with E-state index < -0.39 is 0 Å². The van der Waals surface area contributed by atoms with Gasteiger partial charge in [-0.15, -0.1) is 0 Å². The van der Waals surface area contributed by atoms with Crippen molar-refractivity contribution in [2.45, 2.75) is 25.2 Å². The zero-order chi connectivity index (χ0) is 12.1. The maximum Gasteiger partial charge on any atom is 0.159 e. The Labute approximate surface area is 107 Å². The van der Waals surface area contributed by atoms with Crippen LogP contribution in [-0.2, 0) is 15.9 Å². The topological polar surface area (TPSA) is 30.5 Å². The third kappa shape index (κ3) is 3.68. The molecule has 1 N–H and O–H groups in total. The van der Waals surface area contributed by atoms with Crippen molar-refractivity contribution in [3.8, 4) is 0 Å². The SMILES string of the molecule is CNC(Cc1ccccc1Cl)CC1OCCO1. The van der Waals surface area contributed by atoms with Crippen LogP contribution in [0.3, 0.4) is 0 Å². The molecule has 1 saturated heterocycles. The molecule has 1 heterocycles. The maximum atomic E-state index is 6.15. The van der Waals surface area contributed by atoms with Crippen molar-refractivity contribution in [3.63, 3.8) is 0 Å². The lowest BCUT2D eigenvalue weighted by atomic mass is 10.0. The van der Waals surface area contributed by atoms with E-state index in [1.54, 1.807) is 0 Å². The van der Waals surface area contributed by atoms with Crippen molar-refractivity contribution in [1.82, 2.24) is 5.32 Å². The molecule has 0 radical (unpaired) electrons. The lowest BCUT2D eigenvalue weighted by molar-refractivity contribution is -0.0522. The molecule has 0 saturated carbocycles. The second kappa shape index (κ2) is 6.36. The lowest BCUT2D eigenvalue weighted by Gasteiger charge is -2.19. The molecule has 0 aliphatic carbocycles. The van der Waals surface area contributed by atoms with E-state index >= 15 is 0 Å². The molecule has 17 heavy (non-hydrogen) atoms. The minimum Gasteiger partial charge on any atom is -0.350 e. The Hall–Kier alpha value is -0.610. The lowest BCUT2D eigenvalue weighted by Crippen LogP contribution is -2.32. The van der Waals surface area contributed by atoms with Crippen LogP contribution in [0.1, 0.15) is 12.0 Å². The Balaban J connectivity index is 1.92. The van der Waals surface area contributed by atoms with Crippen molar-refractivity contribution in [2.24, 2.45) is 0 Å². The van der Waals surface area contributed by atoms with Crippen molar-refractivity contribution < 1.29 is 9.47 Å². The zero-order valence-electron chi connectivity index (χ0n) is 9.99. The fraction of sp³-hybridized carbons (Fsp3) is 0.538. The van der Waals surface area contributed by atoms with Gasteiger partial charge >= 0.3 is 0 Å². The third-order valence-electron chi connectivity index (χ3n) is 3.00. The van der Waals surface area contributed by atoms with E-state index in [4.69, 9.17) is 21.1 Å². The summed E-state index contributed by atoms with van der Waals surface area (Å²) in [6, 6.07) is 8.26. The number of ether oxygens (including phenoxy) is 2. The summed E-state index contributed by atoms with van der Waals surface area (Å²) < 4.78 is 10.9. The first-order chi connectivity index (χ1) is 8.29. The van der Waals surface area contributed by atoms with Crippen LogP contribution in [0.25, 0.3) is 0 Å². The van der Waals surface area contributed by atoms with Gasteiger partial charge in [-0.25, -0.2) is 0 Å². The summed E-state index contributed by atoms with van der Waals surface area (Å²) in [4.78, 5) is 0. The number of hydrogen-bond donors (Lipinski definition) is 1. The average molecular weight is 256 g/mol. The minimum atomic E-state index is -0.0741. The van der Waals surface area contributed by atoms with Gasteiger partial charge in [0.05, 0.1) is 13.2 Å². The quantitative estimate of drug-likeness (QED) is 0.875. The fourth-order valence-electron chi connectivity index (χ4n) is 2.01. The maximum absolute atomic E-state index is 6.15. The molecule has 1 aliphatic rings. The van der Waals surface area contributed by atoms with Crippen LogP contribution in [-0.4, -0.2) is 32.6 Å². The Bertz CT molecular complexity index is 353. The van der Waals surface area contributed by atoms with E-state index in [-0.39, 0.29) is 6.29 Å². The van der Waals surface area contributed by atoms with Crippen LogP contribution < -0.4 is 5.32 Å².